The van der Waals surface area contributed by atoms with Crippen molar-refractivity contribution in [2.24, 2.45) is 0 Å². The van der Waals surface area contributed by atoms with E-state index >= 15 is 0 Å². The molecule has 3 unspecified atom stereocenters. The van der Waals surface area contributed by atoms with Crippen LogP contribution in [0.2, 0.25) is 0 Å². The number of rotatable bonds is 5. The lowest BCUT2D eigenvalue weighted by molar-refractivity contribution is -0.130. The van der Waals surface area contributed by atoms with E-state index in [0.717, 1.165) is 0 Å². The summed E-state index contributed by atoms with van der Waals surface area (Å²) >= 11 is 0. The molecular weight excluding hydrogens is 386 g/mol. The standard InChI is InChI=1S/C22H23N3O5/c1-14(26)20(27)23-15-11-12-24-19(13-15)21(28)25(22(24)29)16-7-9-18(10-8-16)30-17-5-3-2-4-6-17/h2-10,14-15,19,26H,11-13H2,1H3,(H,23,27). The minimum absolute atomic E-state index is 0.258. The van der Waals surface area contributed by atoms with Crippen LogP contribution >= 0.6 is 0 Å². The summed E-state index contributed by atoms with van der Waals surface area (Å²) in [6.07, 6.45) is -0.252. The first-order valence-corrected chi connectivity index (χ1v) is 9.90. The molecule has 0 saturated carbocycles. The number of benzene rings is 2. The molecule has 156 valence electrons. The number of hydrogen-bond donors (Lipinski definition) is 2. The van der Waals surface area contributed by atoms with Crippen LogP contribution in [0.1, 0.15) is 19.8 Å². The Bertz CT molecular complexity index is 945. The van der Waals surface area contributed by atoms with Gasteiger partial charge < -0.3 is 20.1 Å². The number of fused-ring (bicyclic) bond motifs is 1. The Kier molecular flexibility index (Phi) is 5.41. The normalized spacial score (nSPS) is 21.9. The fourth-order valence-electron chi connectivity index (χ4n) is 3.78. The maximum Gasteiger partial charge on any atom is 0.332 e. The zero-order valence-electron chi connectivity index (χ0n) is 16.5. The van der Waals surface area contributed by atoms with Gasteiger partial charge in [0.15, 0.2) is 0 Å². The predicted molar refractivity (Wildman–Crippen MR) is 109 cm³/mol. The van der Waals surface area contributed by atoms with E-state index in [1.165, 1.54) is 11.8 Å². The van der Waals surface area contributed by atoms with E-state index in [0.29, 0.717) is 36.6 Å². The van der Waals surface area contributed by atoms with E-state index in [9.17, 15) is 19.5 Å². The van der Waals surface area contributed by atoms with Crippen LogP contribution in [0.15, 0.2) is 54.6 Å². The molecule has 2 fully saturated rings. The molecule has 30 heavy (non-hydrogen) atoms. The Hall–Kier alpha value is -3.39. The topological polar surface area (TPSA) is 99.2 Å². The number of carbonyl (C=O) groups is 3. The Morgan fingerprint density at radius 2 is 1.77 bits per heavy atom. The Labute approximate surface area is 174 Å². The third-order valence-electron chi connectivity index (χ3n) is 5.34. The molecule has 0 aliphatic carbocycles. The number of nitrogens with zero attached hydrogens (tertiary/aromatic N) is 2. The van der Waals surface area contributed by atoms with Crippen molar-refractivity contribution in [1.82, 2.24) is 10.2 Å². The number of ether oxygens (including phenoxy) is 1. The second-order valence-electron chi connectivity index (χ2n) is 7.48. The number of anilines is 1. The summed E-state index contributed by atoms with van der Waals surface area (Å²) in [6.45, 7) is 1.76. The van der Waals surface area contributed by atoms with Crippen molar-refractivity contribution in [3.05, 3.63) is 54.6 Å². The lowest BCUT2D eigenvalue weighted by atomic mass is 9.97. The van der Waals surface area contributed by atoms with Crippen LogP contribution in [0.25, 0.3) is 0 Å². The lowest BCUT2D eigenvalue weighted by Gasteiger charge is -2.33. The molecule has 0 radical (unpaired) electrons. The highest BCUT2D eigenvalue weighted by Crippen LogP contribution is 2.32. The van der Waals surface area contributed by atoms with Crippen LogP contribution in [0, 0.1) is 0 Å². The first kappa shape index (κ1) is 19.9. The SMILES string of the molecule is CC(O)C(=O)NC1CCN2C(=O)N(c3ccc(Oc4ccccc4)cc3)C(=O)C2C1. The maximum atomic E-state index is 13.0. The molecule has 0 spiro atoms. The molecule has 3 atom stereocenters. The number of para-hydroxylation sites is 1. The van der Waals surface area contributed by atoms with Crippen molar-refractivity contribution < 1.29 is 24.2 Å². The highest BCUT2D eigenvalue weighted by molar-refractivity contribution is 6.21. The van der Waals surface area contributed by atoms with E-state index in [1.54, 1.807) is 29.2 Å². The van der Waals surface area contributed by atoms with Crippen LogP contribution in [0.3, 0.4) is 0 Å². The average Bonchev–Trinajstić information content (AvgIpc) is 2.99. The van der Waals surface area contributed by atoms with E-state index in [1.807, 2.05) is 30.3 Å². The molecule has 2 aliphatic rings. The highest BCUT2D eigenvalue weighted by atomic mass is 16.5. The number of aliphatic hydroxyl groups excluding tert-OH is 1. The van der Waals surface area contributed by atoms with Crippen LogP contribution in [0.4, 0.5) is 10.5 Å². The van der Waals surface area contributed by atoms with Crippen LogP contribution in [0.5, 0.6) is 11.5 Å². The number of hydrogen-bond acceptors (Lipinski definition) is 5. The van der Waals surface area contributed by atoms with Crippen LogP contribution in [-0.2, 0) is 9.59 Å². The van der Waals surface area contributed by atoms with Crippen molar-refractivity contribution in [1.29, 1.82) is 0 Å². The summed E-state index contributed by atoms with van der Waals surface area (Å²) in [7, 11) is 0. The summed E-state index contributed by atoms with van der Waals surface area (Å²) < 4.78 is 5.76. The summed E-state index contributed by atoms with van der Waals surface area (Å²) in [5.41, 5.74) is 0.476. The van der Waals surface area contributed by atoms with Gasteiger partial charge in [-0.05, 0) is 56.2 Å². The van der Waals surface area contributed by atoms with Gasteiger partial charge in [-0.2, -0.15) is 0 Å². The molecule has 2 saturated heterocycles. The van der Waals surface area contributed by atoms with Crippen LogP contribution < -0.4 is 15.0 Å². The first-order valence-electron chi connectivity index (χ1n) is 9.90. The quantitative estimate of drug-likeness (QED) is 0.738. The van der Waals surface area contributed by atoms with Crippen molar-refractivity contribution in [2.75, 3.05) is 11.4 Å². The number of imide groups is 1. The molecule has 2 aromatic carbocycles. The van der Waals surface area contributed by atoms with Crippen molar-refractivity contribution in [3.8, 4) is 11.5 Å². The van der Waals surface area contributed by atoms with Gasteiger partial charge in [0.05, 0.1) is 5.69 Å². The van der Waals surface area contributed by atoms with Gasteiger partial charge in [-0.1, -0.05) is 18.2 Å². The second kappa shape index (κ2) is 8.16. The summed E-state index contributed by atoms with van der Waals surface area (Å²) in [5.74, 6) is 0.507. The van der Waals surface area contributed by atoms with Crippen LogP contribution in [-0.4, -0.2) is 52.6 Å². The highest BCUT2D eigenvalue weighted by Gasteiger charge is 2.48. The molecule has 2 N–H and O–H groups in total. The molecule has 4 amide bonds. The number of urea groups is 1. The Balaban J connectivity index is 1.46. The number of piperidine rings is 1. The number of amides is 4. The molecule has 2 aromatic rings. The summed E-state index contributed by atoms with van der Waals surface area (Å²) in [6, 6.07) is 14.9. The lowest BCUT2D eigenvalue weighted by Crippen LogP contribution is -2.51. The number of carbonyl (C=O) groups excluding carboxylic acids is 3. The first-order chi connectivity index (χ1) is 14.4. The molecule has 8 nitrogen and oxygen atoms in total. The largest absolute Gasteiger partial charge is 0.457 e. The van der Waals surface area contributed by atoms with Gasteiger partial charge in [0, 0.05) is 12.6 Å². The minimum Gasteiger partial charge on any atom is -0.457 e. The number of nitrogens with one attached hydrogen (secondary N) is 1. The third-order valence-corrected chi connectivity index (χ3v) is 5.34. The molecule has 4 rings (SSSR count). The monoisotopic (exact) mass is 409 g/mol. The fraction of sp³-hybridized carbons (Fsp3) is 0.318. The van der Waals surface area contributed by atoms with Gasteiger partial charge in [0.2, 0.25) is 5.91 Å². The molecule has 8 heteroatoms. The van der Waals surface area contributed by atoms with Gasteiger partial charge in [0.1, 0.15) is 23.6 Å². The van der Waals surface area contributed by atoms with E-state index in [-0.39, 0.29) is 18.0 Å². The van der Waals surface area contributed by atoms with Crippen molar-refractivity contribution >= 4 is 23.5 Å². The fourth-order valence-corrected chi connectivity index (χ4v) is 3.78. The molecule has 2 aliphatic heterocycles. The molecular formula is C22H23N3O5. The average molecular weight is 409 g/mol. The van der Waals surface area contributed by atoms with E-state index < -0.39 is 18.1 Å². The minimum atomic E-state index is -1.11. The Morgan fingerprint density at radius 1 is 1.10 bits per heavy atom. The zero-order chi connectivity index (χ0) is 21.3. The predicted octanol–water partition coefficient (Wildman–Crippen LogP) is 2.28. The summed E-state index contributed by atoms with van der Waals surface area (Å²) in [4.78, 5) is 40.3. The van der Waals surface area contributed by atoms with Crippen molar-refractivity contribution in [2.45, 2.75) is 38.0 Å². The Morgan fingerprint density at radius 3 is 2.43 bits per heavy atom. The van der Waals surface area contributed by atoms with Gasteiger partial charge in [-0.15, -0.1) is 0 Å². The number of aliphatic hydroxyl groups is 1. The summed E-state index contributed by atoms with van der Waals surface area (Å²) in [5, 5.41) is 12.1. The van der Waals surface area contributed by atoms with Gasteiger partial charge in [0.25, 0.3) is 5.91 Å². The zero-order valence-corrected chi connectivity index (χ0v) is 16.5. The molecule has 2 heterocycles. The maximum absolute atomic E-state index is 13.0. The molecule has 0 bridgehead atoms. The van der Waals surface area contributed by atoms with E-state index in [4.69, 9.17) is 4.74 Å². The smallest absolute Gasteiger partial charge is 0.332 e. The van der Waals surface area contributed by atoms with E-state index in [2.05, 4.69) is 5.32 Å². The van der Waals surface area contributed by atoms with Gasteiger partial charge >= 0.3 is 6.03 Å². The van der Waals surface area contributed by atoms with Gasteiger partial charge in [-0.3, -0.25) is 9.59 Å². The van der Waals surface area contributed by atoms with Crippen molar-refractivity contribution in [3.63, 3.8) is 0 Å². The second-order valence-corrected chi connectivity index (χ2v) is 7.48. The molecule has 0 aromatic heterocycles. The third kappa shape index (κ3) is 3.86. The van der Waals surface area contributed by atoms with Gasteiger partial charge in [-0.25, -0.2) is 9.69 Å².